The molecule has 0 aliphatic carbocycles. The molecule has 1 fully saturated rings. The first-order valence-corrected chi connectivity index (χ1v) is 7.26. The largest absolute Gasteiger partial charge is 0.396 e. The van der Waals surface area contributed by atoms with Crippen molar-refractivity contribution in [1.29, 1.82) is 0 Å². The molecule has 18 heavy (non-hydrogen) atoms. The molecule has 1 saturated heterocycles. The number of hydrogen-bond acceptors (Lipinski definition) is 3. The molecule has 0 spiro atoms. The highest BCUT2D eigenvalue weighted by Gasteiger charge is 2.20. The number of nitrogen functional groups attached to an aromatic ring is 1. The summed E-state index contributed by atoms with van der Waals surface area (Å²) >= 11 is 0. The van der Waals surface area contributed by atoms with Crippen LogP contribution in [0.1, 0.15) is 23.2 Å². The van der Waals surface area contributed by atoms with Crippen LogP contribution in [0.5, 0.6) is 0 Å². The van der Waals surface area contributed by atoms with E-state index in [9.17, 15) is 13.4 Å². The van der Waals surface area contributed by atoms with Gasteiger partial charge in [0.05, 0.1) is 5.69 Å². The summed E-state index contributed by atoms with van der Waals surface area (Å²) < 4.78 is 24.2. The van der Waals surface area contributed by atoms with Crippen LogP contribution in [0.3, 0.4) is 0 Å². The first-order valence-electron chi connectivity index (χ1n) is 5.77. The van der Waals surface area contributed by atoms with Crippen LogP contribution in [0, 0.1) is 5.82 Å². The van der Waals surface area contributed by atoms with Gasteiger partial charge < -0.3 is 11.1 Å². The van der Waals surface area contributed by atoms with E-state index in [4.69, 9.17) is 5.73 Å². The molecule has 0 bridgehead atoms. The number of halogens is 1. The average Bonchev–Trinajstić information content (AvgIpc) is 2.35. The normalized spacial score (nSPS) is 23.6. The van der Waals surface area contributed by atoms with E-state index in [2.05, 4.69) is 5.32 Å². The van der Waals surface area contributed by atoms with Gasteiger partial charge in [0.2, 0.25) is 0 Å². The zero-order valence-corrected chi connectivity index (χ0v) is 10.6. The van der Waals surface area contributed by atoms with E-state index in [1.54, 1.807) is 0 Å². The van der Waals surface area contributed by atoms with Crippen LogP contribution in [-0.4, -0.2) is 27.7 Å². The van der Waals surface area contributed by atoms with Crippen molar-refractivity contribution in [2.24, 2.45) is 0 Å². The second kappa shape index (κ2) is 5.48. The quantitative estimate of drug-likeness (QED) is 0.789. The Balaban J connectivity index is 1.99. The van der Waals surface area contributed by atoms with E-state index in [1.807, 2.05) is 0 Å². The summed E-state index contributed by atoms with van der Waals surface area (Å²) in [6, 6.07) is 3.95. The van der Waals surface area contributed by atoms with Gasteiger partial charge in [0.15, 0.2) is 0 Å². The predicted octanol–water partition coefficient (Wildman–Crippen LogP) is 1.05. The maximum Gasteiger partial charge on any atom is 0.251 e. The van der Waals surface area contributed by atoms with Crippen molar-refractivity contribution in [3.63, 3.8) is 0 Å². The van der Waals surface area contributed by atoms with E-state index in [0.717, 1.165) is 12.8 Å². The molecule has 0 saturated carbocycles. The lowest BCUT2D eigenvalue weighted by molar-refractivity contribution is 0.0934. The Kier molecular flexibility index (Phi) is 3.96. The van der Waals surface area contributed by atoms with Crippen molar-refractivity contribution in [1.82, 2.24) is 5.32 Å². The minimum atomic E-state index is -0.748. The molecule has 2 rings (SSSR count). The van der Waals surface area contributed by atoms with Gasteiger partial charge in [0.25, 0.3) is 5.91 Å². The molecule has 3 N–H and O–H groups in total. The number of hydrogen-bond donors (Lipinski definition) is 2. The number of carbonyl (C=O) groups is 1. The third kappa shape index (κ3) is 3.07. The second-order valence-electron chi connectivity index (χ2n) is 4.33. The van der Waals surface area contributed by atoms with Gasteiger partial charge in [-0.15, -0.1) is 0 Å². The molecule has 1 heterocycles. The summed E-state index contributed by atoms with van der Waals surface area (Å²) in [5.74, 6) is 0.450. The van der Waals surface area contributed by atoms with Crippen molar-refractivity contribution >= 4 is 22.4 Å². The third-order valence-corrected chi connectivity index (χ3v) is 4.36. The molecule has 98 valence electrons. The van der Waals surface area contributed by atoms with Crippen LogP contribution in [0.4, 0.5) is 10.1 Å². The Labute approximate surface area is 107 Å². The fourth-order valence-corrected chi connectivity index (χ4v) is 3.19. The van der Waals surface area contributed by atoms with Crippen molar-refractivity contribution < 1.29 is 13.4 Å². The smallest absolute Gasteiger partial charge is 0.251 e. The minimum absolute atomic E-state index is 0.0348. The summed E-state index contributed by atoms with van der Waals surface area (Å²) in [6.45, 7) is 0. The van der Waals surface area contributed by atoms with Crippen LogP contribution >= 0.6 is 0 Å². The monoisotopic (exact) mass is 270 g/mol. The fraction of sp³-hybridized carbons (Fsp3) is 0.417. The third-order valence-electron chi connectivity index (χ3n) is 2.98. The van der Waals surface area contributed by atoms with Crippen molar-refractivity contribution in [3.8, 4) is 0 Å². The molecule has 1 aromatic carbocycles. The van der Waals surface area contributed by atoms with E-state index in [-0.39, 0.29) is 17.6 Å². The topological polar surface area (TPSA) is 72.2 Å². The van der Waals surface area contributed by atoms with E-state index >= 15 is 0 Å². The summed E-state index contributed by atoms with van der Waals surface area (Å²) in [5, 5.41) is 2.85. The lowest BCUT2D eigenvalue weighted by Gasteiger charge is -2.22. The standard InChI is InChI=1S/C12H15FN2O2S/c13-10-2-1-8(7-11(10)14)12(16)15-9-3-5-18(17)6-4-9/h1-2,7,9H,3-6,14H2,(H,15,16). The van der Waals surface area contributed by atoms with Gasteiger partial charge >= 0.3 is 0 Å². The van der Waals surface area contributed by atoms with E-state index in [1.165, 1.54) is 18.2 Å². The number of nitrogens with two attached hydrogens (primary N) is 1. The molecular weight excluding hydrogens is 255 g/mol. The summed E-state index contributed by atoms with van der Waals surface area (Å²) in [4.78, 5) is 11.9. The van der Waals surface area contributed by atoms with Gasteiger partial charge in [-0.2, -0.15) is 0 Å². The number of benzene rings is 1. The highest BCUT2D eigenvalue weighted by atomic mass is 32.2. The summed E-state index contributed by atoms with van der Waals surface area (Å²) in [5.41, 5.74) is 5.73. The molecule has 4 nitrogen and oxygen atoms in total. The van der Waals surface area contributed by atoms with Crippen molar-refractivity contribution in [3.05, 3.63) is 29.6 Å². The van der Waals surface area contributed by atoms with Gasteiger partial charge in [-0.1, -0.05) is 0 Å². The Bertz CT molecular complexity index is 483. The molecule has 0 aromatic heterocycles. The second-order valence-corrected chi connectivity index (χ2v) is 6.03. The molecule has 6 heteroatoms. The van der Waals surface area contributed by atoms with Crippen LogP contribution in [0.25, 0.3) is 0 Å². The SMILES string of the molecule is Nc1cc(C(=O)NC2CCS(=O)CC2)ccc1F. The van der Waals surface area contributed by atoms with Crippen LogP contribution in [0.15, 0.2) is 18.2 Å². The Morgan fingerprint density at radius 1 is 1.39 bits per heavy atom. The average molecular weight is 270 g/mol. The molecule has 1 aliphatic rings. The Morgan fingerprint density at radius 3 is 2.67 bits per heavy atom. The number of anilines is 1. The summed E-state index contributed by atoms with van der Waals surface area (Å²) in [6.07, 6.45) is 1.43. The fourth-order valence-electron chi connectivity index (χ4n) is 1.89. The molecule has 1 aromatic rings. The van der Waals surface area contributed by atoms with Gasteiger partial charge in [-0.25, -0.2) is 4.39 Å². The van der Waals surface area contributed by atoms with Crippen LogP contribution in [0.2, 0.25) is 0 Å². The van der Waals surface area contributed by atoms with Gasteiger partial charge in [-0.05, 0) is 31.0 Å². The molecule has 0 radical (unpaired) electrons. The molecule has 1 aliphatic heterocycles. The van der Waals surface area contributed by atoms with Crippen molar-refractivity contribution in [2.45, 2.75) is 18.9 Å². The number of amides is 1. The number of rotatable bonds is 2. The van der Waals surface area contributed by atoms with Gasteiger partial charge in [0.1, 0.15) is 5.82 Å². The highest BCUT2D eigenvalue weighted by Crippen LogP contribution is 2.14. The Morgan fingerprint density at radius 2 is 2.06 bits per heavy atom. The molecule has 0 unspecified atom stereocenters. The first kappa shape index (κ1) is 13.0. The zero-order valence-electron chi connectivity index (χ0n) is 9.82. The molecular formula is C12H15FN2O2S. The van der Waals surface area contributed by atoms with Crippen molar-refractivity contribution in [2.75, 3.05) is 17.2 Å². The maximum atomic E-state index is 13.0. The predicted molar refractivity (Wildman–Crippen MR) is 69.2 cm³/mol. The maximum absolute atomic E-state index is 13.0. The van der Waals surface area contributed by atoms with Gasteiger partial charge in [-0.3, -0.25) is 9.00 Å². The van der Waals surface area contributed by atoms with Crippen LogP contribution < -0.4 is 11.1 Å². The lowest BCUT2D eigenvalue weighted by Crippen LogP contribution is -2.39. The highest BCUT2D eigenvalue weighted by molar-refractivity contribution is 7.85. The number of nitrogens with one attached hydrogen (secondary N) is 1. The first-order chi connectivity index (χ1) is 8.56. The van der Waals surface area contributed by atoms with E-state index in [0.29, 0.717) is 17.1 Å². The zero-order chi connectivity index (χ0) is 13.1. The summed E-state index contributed by atoms with van der Waals surface area (Å²) in [7, 11) is -0.748. The van der Waals surface area contributed by atoms with Crippen LogP contribution in [-0.2, 0) is 10.8 Å². The molecule has 1 amide bonds. The van der Waals surface area contributed by atoms with Gasteiger partial charge in [0, 0.05) is 33.9 Å². The number of carbonyl (C=O) groups excluding carboxylic acids is 1. The minimum Gasteiger partial charge on any atom is -0.396 e. The Hall–Kier alpha value is -1.43. The molecule has 0 atom stereocenters. The lowest BCUT2D eigenvalue weighted by atomic mass is 10.1. The van der Waals surface area contributed by atoms with E-state index < -0.39 is 16.6 Å².